The average Bonchev–Trinajstić information content (AvgIpc) is 3.27. The van der Waals surface area contributed by atoms with Crippen LogP contribution >= 0.6 is 23.1 Å². The third-order valence-corrected chi connectivity index (χ3v) is 5.91. The van der Waals surface area contributed by atoms with E-state index in [1.54, 1.807) is 0 Å². The number of anilines is 2. The van der Waals surface area contributed by atoms with Crippen molar-refractivity contribution in [2.45, 2.75) is 42.4 Å². The third kappa shape index (κ3) is 5.42. The number of nitrogens with zero attached hydrogens (tertiary/aromatic N) is 2. The van der Waals surface area contributed by atoms with Gasteiger partial charge in [-0.1, -0.05) is 40.8 Å². The Kier molecular flexibility index (Phi) is 6.28. The number of nitrogens with one attached hydrogen (secondary N) is 2. The van der Waals surface area contributed by atoms with Crippen LogP contribution in [0.3, 0.4) is 0 Å². The summed E-state index contributed by atoms with van der Waals surface area (Å²) in [4.78, 5) is 12.2. The monoisotopic (exact) mass is 378 g/mol. The molecule has 134 valence electrons. The van der Waals surface area contributed by atoms with Crippen LogP contribution < -0.4 is 10.6 Å². The van der Waals surface area contributed by atoms with E-state index >= 15 is 0 Å². The second kappa shape index (κ2) is 8.64. The Balaban J connectivity index is 1.48. The Morgan fingerprint density at radius 1 is 1.40 bits per heavy atom. The minimum atomic E-state index is -0.221. The van der Waals surface area contributed by atoms with Crippen LogP contribution in [0.15, 0.2) is 28.6 Å². The highest BCUT2D eigenvalue weighted by Crippen LogP contribution is 2.30. The molecule has 3 rings (SSSR count). The molecule has 0 unspecified atom stereocenters. The molecule has 1 saturated heterocycles. The lowest BCUT2D eigenvalue weighted by Gasteiger charge is -2.13. The van der Waals surface area contributed by atoms with Gasteiger partial charge in [-0.15, -0.1) is 10.2 Å². The molecular weight excluding hydrogens is 356 g/mol. The Morgan fingerprint density at radius 2 is 2.20 bits per heavy atom. The highest BCUT2D eigenvalue weighted by Gasteiger charge is 2.20. The molecule has 25 heavy (non-hydrogen) atoms. The van der Waals surface area contributed by atoms with Crippen molar-refractivity contribution in [3.05, 3.63) is 29.8 Å². The molecule has 1 fully saturated rings. The van der Waals surface area contributed by atoms with Crippen molar-refractivity contribution < 1.29 is 9.53 Å². The van der Waals surface area contributed by atoms with Crippen LogP contribution in [0.5, 0.6) is 0 Å². The summed E-state index contributed by atoms with van der Waals surface area (Å²) >= 11 is 2.87. The van der Waals surface area contributed by atoms with Gasteiger partial charge in [-0.2, -0.15) is 0 Å². The van der Waals surface area contributed by atoms with E-state index in [2.05, 4.69) is 27.8 Å². The molecule has 0 radical (unpaired) electrons. The number of aromatic nitrogens is 2. The quantitative estimate of drug-likeness (QED) is 0.720. The van der Waals surface area contributed by atoms with Gasteiger partial charge in [-0.25, -0.2) is 0 Å². The van der Waals surface area contributed by atoms with Gasteiger partial charge >= 0.3 is 0 Å². The molecule has 0 bridgehead atoms. The number of hydrogen-bond acceptors (Lipinski definition) is 7. The van der Waals surface area contributed by atoms with E-state index in [1.807, 2.05) is 31.2 Å². The summed E-state index contributed by atoms with van der Waals surface area (Å²) in [5.41, 5.74) is 2.18. The molecule has 8 heteroatoms. The molecule has 1 amide bonds. The van der Waals surface area contributed by atoms with Crippen molar-refractivity contribution >= 4 is 39.8 Å². The van der Waals surface area contributed by atoms with Gasteiger partial charge in [0.15, 0.2) is 4.34 Å². The SMILES string of the molecule is Cc1ccc(Nc2nnc(S[C@@H](C)C(=O)NC[C@H]3CCCO3)s2)cc1. The van der Waals surface area contributed by atoms with Gasteiger partial charge in [-0.05, 0) is 38.8 Å². The van der Waals surface area contributed by atoms with Crippen molar-refractivity contribution in [3.8, 4) is 0 Å². The molecular formula is C17H22N4O2S2. The first kappa shape index (κ1) is 18.2. The number of ether oxygens (including phenoxy) is 1. The fourth-order valence-corrected chi connectivity index (χ4v) is 4.38. The van der Waals surface area contributed by atoms with Crippen molar-refractivity contribution in [2.75, 3.05) is 18.5 Å². The molecule has 2 heterocycles. The van der Waals surface area contributed by atoms with Gasteiger partial charge in [0.05, 0.1) is 11.4 Å². The molecule has 2 aromatic rings. The number of thioether (sulfide) groups is 1. The fraction of sp³-hybridized carbons (Fsp3) is 0.471. The van der Waals surface area contributed by atoms with Crippen molar-refractivity contribution in [1.29, 1.82) is 0 Å². The zero-order valence-corrected chi connectivity index (χ0v) is 16.0. The van der Waals surface area contributed by atoms with E-state index in [0.717, 1.165) is 34.6 Å². The summed E-state index contributed by atoms with van der Waals surface area (Å²) in [6.07, 6.45) is 2.26. The number of benzene rings is 1. The molecule has 0 spiro atoms. The van der Waals surface area contributed by atoms with E-state index in [1.165, 1.54) is 28.7 Å². The molecule has 2 atom stereocenters. The minimum Gasteiger partial charge on any atom is -0.376 e. The maximum Gasteiger partial charge on any atom is 0.233 e. The lowest BCUT2D eigenvalue weighted by Crippen LogP contribution is -2.36. The van der Waals surface area contributed by atoms with Gasteiger partial charge in [-0.3, -0.25) is 4.79 Å². The highest BCUT2D eigenvalue weighted by atomic mass is 32.2. The van der Waals surface area contributed by atoms with E-state index in [9.17, 15) is 4.79 Å². The molecule has 6 nitrogen and oxygen atoms in total. The number of rotatable bonds is 7. The van der Waals surface area contributed by atoms with E-state index in [0.29, 0.717) is 6.54 Å². The standard InChI is InChI=1S/C17H22N4O2S2/c1-11-5-7-13(8-6-11)19-16-20-21-17(25-16)24-12(2)15(22)18-10-14-4-3-9-23-14/h5-8,12,14H,3-4,9-10H2,1-2H3,(H,18,22)(H,19,20)/t12-,14+/m0/s1. The van der Waals surface area contributed by atoms with Crippen LogP contribution in [0.25, 0.3) is 0 Å². The van der Waals surface area contributed by atoms with Gasteiger partial charge in [0.1, 0.15) is 0 Å². The number of hydrogen-bond donors (Lipinski definition) is 2. The normalized spacial score (nSPS) is 18.1. The van der Waals surface area contributed by atoms with E-state index < -0.39 is 0 Å². The Bertz CT molecular complexity index is 699. The molecule has 2 N–H and O–H groups in total. The number of carbonyl (C=O) groups excluding carboxylic acids is 1. The molecule has 0 saturated carbocycles. The first-order valence-corrected chi connectivity index (χ1v) is 10.0. The number of carbonyl (C=O) groups is 1. The first-order chi connectivity index (χ1) is 12.1. The third-order valence-electron chi connectivity index (χ3n) is 3.88. The topological polar surface area (TPSA) is 76.1 Å². The summed E-state index contributed by atoms with van der Waals surface area (Å²) in [6.45, 7) is 5.31. The van der Waals surface area contributed by atoms with E-state index in [-0.39, 0.29) is 17.3 Å². The predicted octanol–water partition coefficient (Wildman–Crippen LogP) is 3.37. The summed E-state index contributed by atoms with van der Waals surface area (Å²) in [7, 11) is 0. The Labute approximate surface area is 155 Å². The van der Waals surface area contributed by atoms with Crippen LogP contribution in [-0.2, 0) is 9.53 Å². The zero-order chi connectivity index (χ0) is 17.6. The summed E-state index contributed by atoms with van der Waals surface area (Å²) in [5, 5.41) is 15.0. The lowest BCUT2D eigenvalue weighted by molar-refractivity contribution is -0.120. The maximum atomic E-state index is 12.2. The van der Waals surface area contributed by atoms with Gasteiger partial charge in [0, 0.05) is 18.8 Å². The van der Waals surface area contributed by atoms with Crippen LogP contribution in [0.4, 0.5) is 10.8 Å². The van der Waals surface area contributed by atoms with E-state index in [4.69, 9.17) is 4.74 Å². The largest absolute Gasteiger partial charge is 0.376 e. The number of aryl methyl sites for hydroxylation is 1. The average molecular weight is 379 g/mol. The molecule has 1 aliphatic rings. The summed E-state index contributed by atoms with van der Waals surface area (Å²) in [5.74, 6) is 0.00347. The van der Waals surface area contributed by atoms with Crippen LogP contribution in [0.1, 0.15) is 25.3 Å². The Morgan fingerprint density at radius 3 is 2.92 bits per heavy atom. The maximum absolute atomic E-state index is 12.2. The van der Waals surface area contributed by atoms with Crippen LogP contribution in [-0.4, -0.2) is 40.6 Å². The van der Waals surface area contributed by atoms with Gasteiger partial charge in [0.25, 0.3) is 0 Å². The Hall–Kier alpha value is -1.64. The van der Waals surface area contributed by atoms with Crippen molar-refractivity contribution in [1.82, 2.24) is 15.5 Å². The smallest absolute Gasteiger partial charge is 0.233 e. The number of amides is 1. The summed E-state index contributed by atoms with van der Waals surface area (Å²) < 4.78 is 6.29. The molecule has 1 aromatic heterocycles. The highest BCUT2D eigenvalue weighted by molar-refractivity contribution is 8.02. The van der Waals surface area contributed by atoms with Gasteiger partial charge in [0.2, 0.25) is 11.0 Å². The van der Waals surface area contributed by atoms with Gasteiger partial charge < -0.3 is 15.4 Å². The molecule has 1 aromatic carbocycles. The summed E-state index contributed by atoms with van der Waals surface area (Å²) in [6, 6.07) is 8.09. The second-order valence-corrected chi connectivity index (χ2v) is 8.57. The first-order valence-electron chi connectivity index (χ1n) is 8.33. The molecule has 0 aliphatic carbocycles. The van der Waals surface area contributed by atoms with Crippen LogP contribution in [0, 0.1) is 6.92 Å². The van der Waals surface area contributed by atoms with Crippen molar-refractivity contribution in [3.63, 3.8) is 0 Å². The van der Waals surface area contributed by atoms with Crippen LogP contribution in [0.2, 0.25) is 0 Å². The zero-order valence-electron chi connectivity index (χ0n) is 14.3. The fourth-order valence-electron chi connectivity index (χ4n) is 2.44. The lowest BCUT2D eigenvalue weighted by atomic mass is 10.2. The minimum absolute atomic E-state index is 0.00347. The predicted molar refractivity (Wildman–Crippen MR) is 102 cm³/mol. The van der Waals surface area contributed by atoms with Crippen molar-refractivity contribution in [2.24, 2.45) is 0 Å². The molecule has 1 aliphatic heterocycles. The second-order valence-electron chi connectivity index (χ2n) is 6.00.